The number of hydrogen-bond acceptors (Lipinski definition) is 7. The molecule has 0 bridgehead atoms. The van der Waals surface area contributed by atoms with Crippen molar-refractivity contribution in [2.45, 2.75) is 25.6 Å². The van der Waals surface area contributed by atoms with Crippen molar-refractivity contribution in [1.82, 2.24) is 29.9 Å². The number of likely N-dealkylation sites (tertiary alicyclic amines) is 1. The highest BCUT2D eigenvalue weighted by Gasteiger charge is 2.25. The van der Waals surface area contributed by atoms with Crippen molar-refractivity contribution in [3.63, 3.8) is 0 Å². The van der Waals surface area contributed by atoms with Crippen molar-refractivity contribution in [2.24, 2.45) is 0 Å². The van der Waals surface area contributed by atoms with Gasteiger partial charge in [0.15, 0.2) is 0 Å². The minimum atomic E-state index is -0.304. The van der Waals surface area contributed by atoms with Crippen LogP contribution >= 0.6 is 11.6 Å². The number of fused-ring (bicyclic) bond motifs is 1. The Bertz CT molecular complexity index is 1920. The number of hydrogen-bond donors (Lipinski definition) is 1. The first-order chi connectivity index (χ1) is 21.6. The zero-order chi connectivity index (χ0) is 29.9. The van der Waals surface area contributed by atoms with Crippen LogP contribution in [0.3, 0.4) is 0 Å². The van der Waals surface area contributed by atoms with E-state index in [1.807, 2.05) is 41.2 Å². The van der Waals surface area contributed by atoms with Crippen LogP contribution in [0.1, 0.15) is 23.6 Å². The van der Waals surface area contributed by atoms with E-state index in [1.54, 1.807) is 24.3 Å². The van der Waals surface area contributed by atoms with Crippen molar-refractivity contribution in [1.29, 1.82) is 0 Å². The maximum absolute atomic E-state index is 13.5. The second kappa shape index (κ2) is 12.4. The highest BCUT2D eigenvalue weighted by atomic mass is 35.5. The van der Waals surface area contributed by atoms with E-state index in [2.05, 4.69) is 54.8 Å². The molecule has 0 aliphatic carbocycles. The minimum absolute atomic E-state index is 0.209. The molecular formula is C34H29ClFN7O. The summed E-state index contributed by atoms with van der Waals surface area (Å²) in [7, 11) is 0. The summed E-state index contributed by atoms with van der Waals surface area (Å²) in [4.78, 5) is 11.4. The molecular weight excluding hydrogens is 577 g/mol. The number of aromatic nitrogens is 5. The van der Waals surface area contributed by atoms with Gasteiger partial charge in [0.05, 0.1) is 22.8 Å². The lowest BCUT2D eigenvalue weighted by Gasteiger charge is -2.15. The first-order valence-corrected chi connectivity index (χ1v) is 14.8. The van der Waals surface area contributed by atoms with Crippen molar-refractivity contribution < 1.29 is 9.13 Å². The second-order valence-corrected chi connectivity index (χ2v) is 11.3. The van der Waals surface area contributed by atoms with Crippen LogP contribution in [-0.4, -0.2) is 43.0 Å². The van der Waals surface area contributed by atoms with Crippen LogP contribution < -0.4 is 10.1 Å². The third kappa shape index (κ3) is 6.24. The number of anilines is 2. The Kier molecular flexibility index (Phi) is 7.87. The summed E-state index contributed by atoms with van der Waals surface area (Å²) in [5.41, 5.74) is 5.31. The number of nitrogens with one attached hydrogen (secondary N) is 1. The van der Waals surface area contributed by atoms with E-state index in [0.29, 0.717) is 16.6 Å². The monoisotopic (exact) mass is 605 g/mol. The fourth-order valence-electron chi connectivity index (χ4n) is 5.54. The van der Waals surface area contributed by atoms with Gasteiger partial charge in [-0.3, -0.25) is 4.90 Å². The van der Waals surface area contributed by atoms with Crippen LogP contribution in [0.15, 0.2) is 104 Å². The molecule has 0 amide bonds. The molecule has 44 heavy (non-hydrogen) atoms. The predicted molar refractivity (Wildman–Crippen MR) is 169 cm³/mol. The van der Waals surface area contributed by atoms with Crippen LogP contribution in [0.25, 0.3) is 22.2 Å². The number of nitrogens with zero attached hydrogens (tertiary/aromatic N) is 6. The SMILES string of the molecule is Fc1cccc(COc2ccc(Nc3ncnc4ccc(-c5cn([C@H]6CCN(Cc7ccccc7)C6)nn5)cc34)cc2Cl)c1. The summed E-state index contributed by atoms with van der Waals surface area (Å²) < 4.78 is 21.3. The van der Waals surface area contributed by atoms with Gasteiger partial charge in [-0.05, 0) is 60.0 Å². The molecule has 1 N–H and O–H groups in total. The van der Waals surface area contributed by atoms with E-state index in [9.17, 15) is 4.39 Å². The summed E-state index contributed by atoms with van der Waals surface area (Å²) in [6.45, 7) is 3.12. The predicted octanol–water partition coefficient (Wildman–Crippen LogP) is 7.45. The molecule has 0 radical (unpaired) electrons. The van der Waals surface area contributed by atoms with Gasteiger partial charge in [-0.1, -0.05) is 65.3 Å². The van der Waals surface area contributed by atoms with E-state index in [-0.39, 0.29) is 18.5 Å². The molecule has 0 saturated carbocycles. The van der Waals surface area contributed by atoms with Crippen LogP contribution in [0, 0.1) is 5.82 Å². The quantitative estimate of drug-likeness (QED) is 0.183. The van der Waals surface area contributed by atoms with Gasteiger partial charge in [-0.15, -0.1) is 5.10 Å². The van der Waals surface area contributed by atoms with E-state index in [4.69, 9.17) is 16.3 Å². The number of halogens is 2. The van der Waals surface area contributed by atoms with Gasteiger partial charge in [0.25, 0.3) is 0 Å². The van der Waals surface area contributed by atoms with E-state index in [1.165, 1.54) is 24.0 Å². The highest BCUT2D eigenvalue weighted by molar-refractivity contribution is 6.32. The minimum Gasteiger partial charge on any atom is -0.487 e. The normalized spacial score (nSPS) is 15.1. The molecule has 0 unspecified atom stereocenters. The average Bonchev–Trinajstić information content (AvgIpc) is 3.72. The highest BCUT2D eigenvalue weighted by Crippen LogP contribution is 2.32. The maximum Gasteiger partial charge on any atom is 0.141 e. The topological polar surface area (TPSA) is 81.0 Å². The molecule has 220 valence electrons. The summed E-state index contributed by atoms with van der Waals surface area (Å²) in [5.74, 6) is 0.840. The van der Waals surface area contributed by atoms with Crippen molar-refractivity contribution in [2.75, 3.05) is 18.4 Å². The average molecular weight is 606 g/mol. The first-order valence-electron chi connectivity index (χ1n) is 14.4. The lowest BCUT2D eigenvalue weighted by molar-refractivity contribution is 0.306. The summed E-state index contributed by atoms with van der Waals surface area (Å²) >= 11 is 6.53. The molecule has 1 fully saturated rings. The molecule has 1 aliphatic heterocycles. The Hall–Kier alpha value is -4.86. The molecule has 10 heteroatoms. The Balaban J connectivity index is 1.05. The molecule has 1 aliphatic rings. The lowest BCUT2D eigenvalue weighted by Crippen LogP contribution is -2.21. The standard InChI is InChI=1S/C34H29ClFN7O/c35-30-17-27(10-12-33(30)44-21-24-7-4-8-26(36)15-24)39-34-29-16-25(9-11-31(29)37-22-38-34)32-20-43(41-40-32)28-13-14-42(19-28)18-23-5-2-1-3-6-23/h1-12,15-17,20,22,28H,13-14,18-19,21H2,(H,37,38,39)/t28-/m0/s1. The molecule has 3 heterocycles. The second-order valence-electron chi connectivity index (χ2n) is 10.9. The van der Waals surface area contributed by atoms with Gasteiger partial charge in [-0.25, -0.2) is 19.0 Å². The zero-order valence-electron chi connectivity index (χ0n) is 23.8. The number of benzene rings is 4. The van der Waals surface area contributed by atoms with Gasteiger partial charge in [0, 0.05) is 36.3 Å². The van der Waals surface area contributed by atoms with E-state index in [0.717, 1.165) is 59.5 Å². The Labute approximate surface area is 259 Å². The summed E-state index contributed by atoms with van der Waals surface area (Å²) in [6.07, 6.45) is 4.59. The van der Waals surface area contributed by atoms with Gasteiger partial charge in [0.2, 0.25) is 0 Å². The zero-order valence-corrected chi connectivity index (χ0v) is 24.5. The Morgan fingerprint density at radius 3 is 2.68 bits per heavy atom. The van der Waals surface area contributed by atoms with Crippen LogP contribution in [0.4, 0.5) is 15.9 Å². The van der Waals surface area contributed by atoms with E-state index >= 15 is 0 Å². The smallest absolute Gasteiger partial charge is 0.141 e. The van der Waals surface area contributed by atoms with Gasteiger partial charge < -0.3 is 10.1 Å². The van der Waals surface area contributed by atoms with E-state index < -0.39 is 0 Å². The van der Waals surface area contributed by atoms with Gasteiger partial charge in [-0.2, -0.15) is 0 Å². The molecule has 0 spiro atoms. The molecule has 6 aromatic rings. The third-order valence-corrected chi connectivity index (χ3v) is 8.09. The molecule has 4 aromatic carbocycles. The molecule has 2 aromatic heterocycles. The third-order valence-electron chi connectivity index (χ3n) is 7.79. The first kappa shape index (κ1) is 27.9. The molecule has 1 saturated heterocycles. The van der Waals surface area contributed by atoms with Crippen molar-refractivity contribution >= 4 is 34.0 Å². The maximum atomic E-state index is 13.5. The van der Waals surface area contributed by atoms with Crippen molar-refractivity contribution in [3.8, 4) is 17.0 Å². The van der Waals surface area contributed by atoms with Crippen LogP contribution in [-0.2, 0) is 13.2 Å². The van der Waals surface area contributed by atoms with Crippen molar-refractivity contribution in [3.05, 3.63) is 125 Å². The number of rotatable bonds is 9. The molecule has 1 atom stereocenters. The van der Waals surface area contributed by atoms with Crippen LogP contribution in [0.2, 0.25) is 5.02 Å². The number of ether oxygens (including phenoxy) is 1. The molecule has 7 rings (SSSR count). The fraction of sp³-hybridized carbons (Fsp3) is 0.176. The summed E-state index contributed by atoms with van der Waals surface area (Å²) in [5, 5.41) is 13.6. The largest absolute Gasteiger partial charge is 0.487 e. The van der Waals surface area contributed by atoms with Crippen LogP contribution in [0.5, 0.6) is 5.75 Å². The Morgan fingerprint density at radius 1 is 0.932 bits per heavy atom. The van der Waals surface area contributed by atoms with Gasteiger partial charge >= 0.3 is 0 Å². The summed E-state index contributed by atoms with van der Waals surface area (Å²) in [6, 6.07) is 28.5. The fourth-order valence-corrected chi connectivity index (χ4v) is 5.77. The Morgan fingerprint density at radius 2 is 1.82 bits per heavy atom. The molecule has 8 nitrogen and oxygen atoms in total. The van der Waals surface area contributed by atoms with Gasteiger partial charge in [0.1, 0.15) is 36.0 Å². The lowest BCUT2D eigenvalue weighted by atomic mass is 10.1.